The fraction of sp³-hybridized carbons (Fsp3) is 0.364. The van der Waals surface area contributed by atoms with E-state index in [1.54, 1.807) is 30.3 Å². The summed E-state index contributed by atoms with van der Waals surface area (Å²) in [6.07, 6.45) is -3.67. The number of imidazole rings is 1. The normalized spacial score (nSPS) is 18.3. The third kappa shape index (κ3) is 12.6. The van der Waals surface area contributed by atoms with Crippen molar-refractivity contribution in [2.24, 2.45) is 11.7 Å². The molecule has 2 amide bonds. The summed E-state index contributed by atoms with van der Waals surface area (Å²) in [5.41, 5.74) is 13.0. The molecule has 2 aromatic heterocycles. The number of nitrogens with zero attached hydrogens (tertiary/aromatic N) is 4. The lowest BCUT2D eigenvalue weighted by Crippen LogP contribution is -2.55. The van der Waals surface area contributed by atoms with Crippen LogP contribution in [0.25, 0.3) is 11.2 Å². The predicted molar refractivity (Wildman–Crippen MR) is 236 cm³/mol. The maximum absolute atomic E-state index is 13.8. The average Bonchev–Trinajstić information content (AvgIpc) is 3.86. The minimum Gasteiger partial charge on any atom is -0.507 e. The molecule has 1 saturated heterocycles. The van der Waals surface area contributed by atoms with E-state index in [0.717, 1.165) is 23.8 Å². The van der Waals surface area contributed by atoms with Crippen molar-refractivity contribution in [3.63, 3.8) is 0 Å². The third-order valence-electron chi connectivity index (χ3n) is 10.6. The number of aromatic hydroxyl groups is 1. The number of aliphatic hydroxyl groups is 2. The topological polar surface area (TPSA) is 357 Å². The summed E-state index contributed by atoms with van der Waals surface area (Å²) in [5, 5.41) is 46.3. The molecule has 362 valence electrons. The molecule has 0 bridgehead atoms. The number of nitrogen functional groups attached to an aromatic ring is 1. The number of hydrogen-bond donors (Lipinski definition) is 8. The van der Waals surface area contributed by atoms with E-state index in [4.69, 9.17) is 35.0 Å². The van der Waals surface area contributed by atoms with Crippen LogP contribution in [0.4, 0.5) is 5.82 Å². The smallest absolute Gasteiger partial charge is 0.342 e. The lowest BCUT2D eigenvalue weighted by atomic mass is 10.0. The second-order valence-electron chi connectivity index (χ2n) is 16.2. The number of aliphatic hydroxyl groups excluding tert-OH is 2. The van der Waals surface area contributed by atoms with Gasteiger partial charge in [-0.25, -0.2) is 24.5 Å². The summed E-state index contributed by atoms with van der Waals surface area (Å²) in [4.78, 5) is 75.6. The standard InChI is InChI=1S/C44H50N8O15S/c1-23(2)16-31(44(61)64-19-25-6-4-3-5-7-25)51-41(59)30(50-40(58)29(45)14-15-34(54)55)17-24-8-10-26(11-9-24)67-68(62,63)27-12-13-28(32(53)18-27)43(60)65-20-33-36(56)37(57)42(66-33)52-22-49-39-35(52)38(46)47-21-48-39/h3-13,18,21-23,29-31,33,36-37,42,53,56-57H,14-17,19-20,45H2,1-2H3,(H,50,58)(H,51,59)(H,54,55)(H2,46,47,48)/t29-,30-,31-,33+,36+,37+,42+/m0/s1. The number of aromatic nitrogens is 4. The number of benzene rings is 3. The van der Waals surface area contributed by atoms with Crippen molar-refractivity contribution >= 4 is 56.8 Å². The van der Waals surface area contributed by atoms with Gasteiger partial charge in [-0.05, 0) is 54.2 Å². The van der Waals surface area contributed by atoms with Gasteiger partial charge in [-0.1, -0.05) is 56.3 Å². The first kappa shape index (κ1) is 50.2. The molecule has 24 heteroatoms. The number of fused-ring (bicyclic) bond motifs is 1. The quantitative estimate of drug-likeness (QED) is 0.0373. The Kier molecular flexibility index (Phi) is 16.3. The Morgan fingerprint density at radius 1 is 0.882 bits per heavy atom. The monoisotopic (exact) mass is 962 g/mol. The van der Waals surface area contributed by atoms with Gasteiger partial charge in [-0.2, -0.15) is 8.42 Å². The highest BCUT2D eigenvalue weighted by molar-refractivity contribution is 7.87. The van der Waals surface area contributed by atoms with Crippen molar-refractivity contribution in [3.8, 4) is 11.5 Å². The summed E-state index contributed by atoms with van der Waals surface area (Å²) in [6, 6.07) is 13.2. The lowest BCUT2D eigenvalue weighted by molar-refractivity contribution is -0.149. The largest absolute Gasteiger partial charge is 0.507 e. The van der Waals surface area contributed by atoms with Crippen LogP contribution < -0.4 is 26.3 Å². The molecular weight excluding hydrogens is 913 g/mol. The Morgan fingerprint density at radius 3 is 2.26 bits per heavy atom. The van der Waals surface area contributed by atoms with Crippen LogP contribution in [0, 0.1) is 5.92 Å². The molecule has 23 nitrogen and oxygen atoms in total. The summed E-state index contributed by atoms with van der Waals surface area (Å²) in [6.45, 7) is 3.04. The van der Waals surface area contributed by atoms with E-state index in [-0.39, 0.29) is 54.5 Å². The number of carboxylic acids is 1. The molecule has 1 aliphatic rings. The Labute approximate surface area is 388 Å². The van der Waals surface area contributed by atoms with Gasteiger partial charge in [-0.3, -0.25) is 19.0 Å². The second-order valence-corrected chi connectivity index (χ2v) is 17.7. The molecule has 0 radical (unpaired) electrons. The van der Waals surface area contributed by atoms with Crippen LogP contribution in [-0.2, 0) is 56.5 Å². The van der Waals surface area contributed by atoms with Crippen molar-refractivity contribution in [1.29, 1.82) is 0 Å². The number of anilines is 1. The van der Waals surface area contributed by atoms with Gasteiger partial charge in [0.15, 0.2) is 17.7 Å². The molecule has 7 atom stereocenters. The van der Waals surface area contributed by atoms with Crippen LogP contribution in [0.2, 0.25) is 0 Å². The summed E-state index contributed by atoms with van der Waals surface area (Å²) < 4.78 is 49.7. The van der Waals surface area contributed by atoms with Crippen LogP contribution in [0.3, 0.4) is 0 Å². The van der Waals surface area contributed by atoms with E-state index in [1.807, 2.05) is 13.8 Å². The zero-order valence-electron chi connectivity index (χ0n) is 36.6. The molecule has 68 heavy (non-hydrogen) atoms. The maximum atomic E-state index is 13.8. The van der Waals surface area contributed by atoms with Gasteiger partial charge in [0.25, 0.3) is 0 Å². The van der Waals surface area contributed by atoms with Crippen molar-refractivity contribution < 1.29 is 71.2 Å². The van der Waals surface area contributed by atoms with E-state index in [1.165, 1.54) is 41.5 Å². The molecular formula is C44H50N8O15S. The van der Waals surface area contributed by atoms with Gasteiger partial charge in [0.2, 0.25) is 11.8 Å². The number of amides is 2. The first-order valence-corrected chi connectivity index (χ1v) is 22.5. The van der Waals surface area contributed by atoms with E-state index in [2.05, 4.69) is 25.6 Å². The van der Waals surface area contributed by atoms with Gasteiger partial charge in [0, 0.05) is 18.9 Å². The molecule has 3 aromatic carbocycles. The number of phenols is 1. The van der Waals surface area contributed by atoms with Gasteiger partial charge >= 0.3 is 28.0 Å². The SMILES string of the molecule is CC(C)C[C@H](NC(=O)[C@H](Cc1ccc(OS(=O)(=O)c2ccc(C(=O)OC[C@H]3O[C@@H](n4cnc5ncnc(N)c54)[C@H](O)[C@@H]3O)c(O)c2)cc1)NC(=O)[C@@H](N)CCC(=O)O)C(=O)OCc1ccccc1. The number of carbonyl (C=O) groups is 5. The van der Waals surface area contributed by atoms with E-state index in [9.17, 15) is 47.7 Å². The number of phenolic OH excluding ortho intramolecular Hbond substituents is 1. The van der Waals surface area contributed by atoms with Gasteiger partial charge in [0.1, 0.15) is 83.7 Å². The number of rotatable bonds is 21. The van der Waals surface area contributed by atoms with E-state index >= 15 is 0 Å². The second kappa shape index (κ2) is 22.0. The minimum atomic E-state index is -4.64. The number of carbonyl (C=O) groups excluding carboxylic acids is 4. The van der Waals surface area contributed by atoms with Crippen molar-refractivity contribution in [2.75, 3.05) is 12.3 Å². The first-order valence-electron chi connectivity index (χ1n) is 21.1. The molecule has 0 aliphatic carbocycles. The zero-order chi connectivity index (χ0) is 49.3. The van der Waals surface area contributed by atoms with Crippen molar-refractivity contribution in [3.05, 3.63) is 102 Å². The fourth-order valence-electron chi connectivity index (χ4n) is 7.04. The molecule has 10 N–H and O–H groups in total. The van der Waals surface area contributed by atoms with Crippen LogP contribution in [-0.4, -0.2) is 121 Å². The molecule has 1 aliphatic heterocycles. The summed E-state index contributed by atoms with van der Waals surface area (Å²) >= 11 is 0. The van der Waals surface area contributed by atoms with Crippen molar-refractivity contribution in [1.82, 2.24) is 30.2 Å². The molecule has 3 heterocycles. The van der Waals surface area contributed by atoms with Gasteiger partial charge in [-0.15, -0.1) is 0 Å². The number of ether oxygens (including phenoxy) is 3. The summed E-state index contributed by atoms with van der Waals surface area (Å²) in [7, 11) is -4.64. The Morgan fingerprint density at radius 2 is 1.59 bits per heavy atom. The first-order chi connectivity index (χ1) is 32.3. The maximum Gasteiger partial charge on any atom is 0.342 e. The van der Waals surface area contributed by atoms with Gasteiger partial charge in [0.05, 0.1) is 6.04 Å². The van der Waals surface area contributed by atoms with Crippen LogP contribution in [0.1, 0.15) is 60.8 Å². The molecule has 0 unspecified atom stereocenters. The predicted octanol–water partition coefficient (Wildman–Crippen LogP) is 0.852. The fourth-order valence-corrected chi connectivity index (χ4v) is 7.99. The Bertz CT molecular complexity index is 2720. The summed E-state index contributed by atoms with van der Waals surface area (Å²) in [5.74, 6) is -5.64. The van der Waals surface area contributed by atoms with Gasteiger partial charge < -0.3 is 60.9 Å². The molecule has 0 spiro atoms. The molecule has 6 rings (SSSR count). The number of carboxylic acid groups (broad SMARTS) is 1. The third-order valence-corrected chi connectivity index (χ3v) is 11.8. The highest BCUT2D eigenvalue weighted by Gasteiger charge is 2.45. The number of nitrogens with one attached hydrogen (secondary N) is 2. The highest BCUT2D eigenvalue weighted by atomic mass is 32.2. The lowest BCUT2D eigenvalue weighted by Gasteiger charge is -2.25. The van der Waals surface area contributed by atoms with Crippen molar-refractivity contribution in [2.45, 2.75) is 93.7 Å². The minimum absolute atomic E-state index is 0.0386. The number of nitrogens with two attached hydrogens (primary N) is 2. The Balaban J connectivity index is 1.09. The Hall–Kier alpha value is -7.25. The van der Waals surface area contributed by atoms with E-state index < -0.39 is 112 Å². The number of aliphatic carboxylic acids is 1. The van der Waals surface area contributed by atoms with Crippen LogP contribution in [0.5, 0.6) is 11.5 Å². The highest BCUT2D eigenvalue weighted by Crippen LogP contribution is 2.33. The molecule has 0 saturated carbocycles. The van der Waals surface area contributed by atoms with Crippen LogP contribution in [0.15, 0.2) is 90.3 Å². The number of hydrogen-bond acceptors (Lipinski definition) is 19. The zero-order valence-corrected chi connectivity index (χ0v) is 37.4. The van der Waals surface area contributed by atoms with E-state index in [0.29, 0.717) is 5.56 Å². The average molecular weight is 963 g/mol. The molecule has 1 fully saturated rings. The van der Waals surface area contributed by atoms with Crippen LogP contribution >= 0.6 is 0 Å². The molecule has 5 aromatic rings. The number of esters is 2.